The summed E-state index contributed by atoms with van der Waals surface area (Å²) in [6.45, 7) is 3.03. The molecule has 1 amide bonds. The number of hydrogen-bond donors (Lipinski definition) is 2. The number of fused-ring (bicyclic) bond motifs is 1. The first-order chi connectivity index (χ1) is 11.1. The first-order valence-electron chi connectivity index (χ1n) is 7.41. The molecular formula is C17H18N2O3S. The number of nitrogens with one attached hydrogen (secondary N) is 2. The summed E-state index contributed by atoms with van der Waals surface area (Å²) in [5.41, 5.74) is 2.28. The van der Waals surface area contributed by atoms with Gasteiger partial charge in [-0.05, 0) is 42.8 Å². The molecule has 5 nitrogen and oxygen atoms in total. The molecule has 0 aliphatic carbocycles. The zero-order valence-corrected chi connectivity index (χ0v) is 13.9. The third-order valence-electron chi connectivity index (χ3n) is 3.80. The van der Waals surface area contributed by atoms with Crippen LogP contribution in [0.3, 0.4) is 0 Å². The van der Waals surface area contributed by atoms with Gasteiger partial charge in [0.25, 0.3) is 0 Å². The van der Waals surface area contributed by atoms with Gasteiger partial charge in [0.05, 0.1) is 12.7 Å². The van der Waals surface area contributed by atoms with Gasteiger partial charge < -0.3 is 15.4 Å². The van der Waals surface area contributed by atoms with Crippen LogP contribution in [-0.4, -0.2) is 25.3 Å². The maximum absolute atomic E-state index is 13.0. The standard InChI is InChI=1S/C17H18N2O3S/c1-10(20)19-17-15(13-7-8-18-9-14(13)23-17)16(21)11-3-5-12(22-2)6-4-11/h3-6,18H,7-9H2,1-2H3,(H,19,20). The fourth-order valence-electron chi connectivity index (χ4n) is 2.71. The Morgan fingerprint density at radius 1 is 1.26 bits per heavy atom. The molecule has 23 heavy (non-hydrogen) atoms. The molecule has 1 aromatic carbocycles. The first kappa shape index (κ1) is 15.7. The molecule has 0 spiro atoms. The number of thiophene rings is 1. The normalized spacial score (nSPS) is 13.3. The van der Waals surface area contributed by atoms with Crippen molar-refractivity contribution in [3.05, 3.63) is 45.8 Å². The van der Waals surface area contributed by atoms with Crippen LogP contribution in [0.5, 0.6) is 5.75 Å². The van der Waals surface area contributed by atoms with Crippen molar-refractivity contribution in [2.45, 2.75) is 19.9 Å². The van der Waals surface area contributed by atoms with Gasteiger partial charge in [-0.15, -0.1) is 11.3 Å². The Labute approximate surface area is 138 Å². The quantitative estimate of drug-likeness (QED) is 0.846. The average molecular weight is 330 g/mol. The number of anilines is 1. The van der Waals surface area contributed by atoms with Gasteiger partial charge in [0.15, 0.2) is 5.78 Å². The number of carbonyl (C=O) groups is 2. The highest BCUT2D eigenvalue weighted by atomic mass is 32.1. The molecule has 3 rings (SSSR count). The second kappa shape index (κ2) is 6.52. The number of methoxy groups -OCH3 is 1. The molecule has 1 aliphatic rings. The number of hydrogen-bond acceptors (Lipinski definition) is 5. The number of ketones is 1. The van der Waals surface area contributed by atoms with Gasteiger partial charge in [-0.3, -0.25) is 9.59 Å². The van der Waals surface area contributed by atoms with E-state index < -0.39 is 0 Å². The van der Waals surface area contributed by atoms with Gasteiger partial charge in [0.1, 0.15) is 10.8 Å². The van der Waals surface area contributed by atoms with Crippen LogP contribution in [0.2, 0.25) is 0 Å². The minimum Gasteiger partial charge on any atom is -0.497 e. The number of amides is 1. The molecule has 0 saturated carbocycles. The first-order valence-corrected chi connectivity index (χ1v) is 8.23. The summed E-state index contributed by atoms with van der Waals surface area (Å²) in [5.74, 6) is 0.483. The molecule has 0 saturated heterocycles. The Kier molecular flexibility index (Phi) is 4.45. The highest BCUT2D eigenvalue weighted by Gasteiger charge is 2.26. The molecule has 0 radical (unpaired) electrons. The Morgan fingerprint density at radius 2 is 2.00 bits per heavy atom. The summed E-state index contributed by atoms with van der Waals surface area (Å²) in [6, 6.07) is 7.05. The monoisotopic (exact) mass is 330 g/mol. The van der Waals surface area contributed by atoms with E-state index in [9.17, 15) is 9.59 Å². The van der Waals surface area contributed by atoms with Gasteiger partial charge >= 0.3 is 0 Å². The molecule has 120 valence electrons. The molecule has 1 aliphatic heterocycles. The van der Waals surface area contributed by atoms with E-state index >= 15 is 0 Å². The van der Waals surface area contributed by atoms with Crippen LogP contribution in [0.15, 0.2) is 24.3 Å². The summed E-state index contributed by atoms with van der Waals surface area (Å²) in [7, 11) is 1.59. The van der Waals surface area contributed by atoms with Crippen molar-refractivity contribution in [3.8, 4) is 5.75 Å². The van der Waals surface area contributed by atoms with Crippen LogP contribution >= 0.6 is 11.3 Å². The lowest BCUT2D eigenvalue weighted by molar-refractivity contribution is -0.114. The van der Waals surface area contributed by atoms with Crippen molar-refractivity contribution in [1.82, 2.24) is 5.32 Å². The third kappa shape index (κ3) is 3.13. The van der Waals surface area contributed by atoms with E-state index in [1.54, 1.807) is 31.4 Å². The fraction of sp³-hybridized carbons (Fsp3) is 0.294. The number of rotatable bonds is 4. The molecule has 6 heteroatoms. The highest BCUT2D eigenvalue weighted by Crippen LogP contribution is 2.37. The summed E-state index contributed by atoms with van der Waals surface area (Å²) in [4.78, 5) is 25.6. The van der Waals surface area contributed by atoms with Crippen molar-refractivity contribution in [3.63, 3.8) is 0 Å². The van der Waals surface area contributed by atoms with Gasteiger partial charge in [-0.1, -0.05) is 0 Å². The van der Waals surface area contributed by atoms with E-state index in [2.05, 4.69) is 10.6 Å². The second-order valence-electron chi connectivity index (χ2n) is 5.37. The van der Waals surface area contributed by atoms with E-state index in [0.29, 0.717) is 21.9 Å². The summed E-state index contributed by atoms with van der Waals surface area (Å²) in [6.07, 6.45) is 0.794. The van der Waals surface area contributed by atoms with E-state index in [4.69, 9.17) is 4.74 Å². The number of benzene rings is 1. The van der Waals surface area contributed by atoms with Crippen LogP contribution in [0, 0.1) is 0 Å². The van der Waals surface area contributed by atoms with Crippen LogP contribution < -0.4 is 15.4 Å². The molecule has 1 aromatic heterocycles. The lowest BCUT2D eigenvalue weighted by Gasteiger charge is -2.14. The van der Waals surface area contributed by atoms with Gasteiger partial charge in [-0.25, -0.2) is 0 Å². The van der Waals surface area contributed by atoms with Crippen molar-refractivity contribution in [1.29, 1.82) is 0 Å². The lowest BCUT2D eigenvalue weighted by Crippen LogP contribution is -2.23. The predicted octanol–water partition coefficient (Wildman–Crippen LogP) is 2.59. The largest absolute Gasteiger partial charge is 0.497 e. The van der Waals surface area contributed by atoms with Crippen molar-refractivity contribution >= 4 is 28.0 Å². The zero-order valence-electron chi connectivity index (χ0n) is 13.1. The van der Waals surface area contributed by atoms with Crippen LogP contribution in [-0.2, 0) is 17.8 Å². The molecule has 2 N–H and O–H groups in total. The molecule has 0 fully saturated rings. The van der Waals surface area contributed by atoms with E-state index in [1.807, 2.05) is 0 Å². The third-order valence-corrected chi connectivity index (χ3v) is 4.94. The number of ether oxygens (including phenoxy) is 1. The highest BCUT2D eigenvalue weighted by molar-refractivity contribution is 7.17. The van der Waals surface area contributed by atoms with E-state index in [0.717, 1.165) is 30.0 Å². The maximum atomic E-state index is 13.0. The Bertz CT molecular complexity index is 750. The minimum atomic E-state index is -0.166. The van der Waals surface area contributed by atoms with Crippen LogP contribution in [0.1, 0.15) is 33.3 Å². The molecule has 2 heterocycles. The number of carbonyl (C=O) groups excluding carboxylic acids is 2. The van der Waals surface area contributed by atoms with Gasteiger partial charge in [0.2, 0.25) is 5.91 Å². The molecule has 0 bridgehead atoms. The summed E-state index contributed by atoms with van der Waals surface area (Å²) >= 11 is 1.48. The van der Waals surface area contributed by atoms with Crippen molar-refractivity contribution in [2.75, 3.05) is 19.0 Å². The van der Waals surface area contributed by atoms with E-state index in [-0.39, 0.29) is 11.7 Å². The maximum Gasteiger partial charge on any atom is 0.221 e. The molecule has 0 unspecified atom stereocenters. The topological polar surface area (TPSA) is 67.4 Å². The summed E-state index contributed by atoms with van der Waals surface area (Å²) < 4.78 is 5.13. The average Bonchev–Trinajstić information content (AvgIpc) is 2.91. The second-order valence-corrected chi connectivity index (χ2v) is 6.48. The Morgan fingerprint density at radius 3 is 2.65 bits per heavy atom. The smallest absolute Gasteiger partial charge is 0.221 e. The molecule has 0 atom stereocenters. The van der Waals surface area contributed by atoms with Crippen molar-refractivity contribution in [2.24, 2.45) is 0 Å². The Balaban J connectivity index is 2.03. The van der Waals surface area contributed by atoms with Crippen LogP contribution in [0.4, 0.5) is 5.00 Å². The summed E-state index contributed by atoms with van der Waals surface area (Å²) in [5, 5.41) is 6.75. The minimum absolute atomic E-state index is 0.0594. The van der Waals surface area contributed by atoms with Crippen LogP contribution in [0.25, 0.3) is 0 Å². The molecular weight excluding hydrogens is 312 g/mol. The van der Waals surface area contributed by atoms with Gasteiger partial charge in [-0.2, -0.15) is 0 Å². The van der Waals surface area contributed by atoms with E-state index in [1.165, 1.54) is 18.3 Å². The SMILES string of the molecule is COc1ccc(C(=O)c2c(NC(C)=O)sc3c2CCNC3)cc1. The molecule has 2 aromatic rings. The Hall–Kier alpha value is -2.18. The zero-order chi connectivity index (χ0) is 16.4. The van der Waals surface area contributed by atoms with Crippen molar-refractivity contribution < 1.29 is 14.3 Å². The predicted molar refractivity (Wildman–Crippen MR) is 90.5 cm³/mol. The fourth-order valence-corrected chi connectivity index (χ4v) is 3.97. The van der Waals surface area contributed by atoms with Gasteiger partial charge in [0, 0.05) is 23.9 Å². The lowest BCUT2D eigenvalue weighted by atomic mass is 9.96.